The number of benzene rings is 1. The lowest BCUT2D eigenvalue weighted by Crippen LogP contribution is -2.22. The number of nitrogens with one attached hydrogen (secondary N) is 1. The fraction of sp³-hybridized carbons (Fsp3) is 0.214. The van der Waals surface area contributed by atoms with Crippen molar-refractivity contribution in [1.82, 2.24) is 5.32 Å². The van der Waals surface area contributed by atoms with E-state index in [9.17, 15) is 4.79 Å². The highest BCUT2D eigenvalue weighted by Gasteiger charge is 2.06. The van der Waals surface area contributed by atoms with Crippen molar-refractivity contribution >= 4 is 33.2 Å². The Balaban J connectivity index is 1.92. The van der Waals surface area contributed by atoms with Crippen molar-refractivity contribution in [3.8, 4) is 0 Å². The van der Waals surface area contributed by atoms with Gasteiger partial charge in [-0.3, -0.25) is 4.79 Å². The van der Waals surface area contributed by atoms with E-state index < -0.39 is 0 Å². The summed E-state index contributed by atoms with van der Waals surface area (Å²) < 4.78 is 6.10. The highest BCUT2D eigenvalue weighted by molar-refractivity contribution is 9.11. The number of ether oxygens (including phenoxy) is 1. The Hall–Kier alpha value is -1.17. The smallest absolute Gasteiger partial charge is 0.251 e. The van der Waals surface area contributed by atoms with Crippen LogP contribution in [-0.2, 0) is 17.9 Å². The number of hydrogen-bond acceptors (Lipinski definition) is 3. The molecule has 0 saturated heterocycles. The zero-order valence-electron chi connectivity index (χ0n) is 10.5. The summed E-state index contributed by atoms with van der Waals surface area (Å²) in [5, 5.41) is 2.90. The number of hydrogen-bond donors (Lipinski definition) is 1. The molecule has 0 aliphatic rings. The van der Waals surface area contributed by atoms with E-state index in [2.05, 4.69) is 21.2 Å². The Kier molecular flexibility index (Phi) is 5.13. The van der Waals surface area contributed by atoms with Crippen LogP contribution in [0.4, 0.5) is 0 Å². The first-order valence-corrected chi connectivity index (χ1v) is 7.40. The third kappa shape index (κ3) is 4.16. The van der Waals surface area contributed by atoms with E-state index in [4.69, 9.17) is 4.74 Å². The monoisotopic (exact) mass is 339 g/mol. The van der Waals surface area contributed by atoms with Crippen LogP contribution in [-0.4, -0.2) is 13.0 Å². The zero-order valence-corrected chi connectivity index (χ0v) is 12.9. The first kappa shape index (κ1) is 14.2. The number of carbonyl (C=O) groups is 1. The van der Waals surface area contributed by atoms with Crippen molar-refractivity contribution in [1.29, 1.82) is 0 Å². The molecule has 1 aromatic heterocycles. The second-order valence-electron chi connectivity index (χ2n) is 4.02. The van der Waals surface area contributed by atoms with E-state index in [0.717, 1.165) is 14.2 Å². The SMILES string of the molecule is COCc1ccc(C(=O)NCc2ccc(Br)s2)cc1. The Morgan fingerprint density at radius 1 is 1.26 bits per heavy atom. The average molecular weight is 340 g/mol. The second kappa shape index (κ2) is 6.84. The van der Waals surface area contributed by atoms with Gasteiger partial charge in [0, 0.05) is 17.6 Å². The molecule has 0 aliphatic heterocycles. The molecule has 0 bridgehead atoms. The zero-order chi connectivity index (χ0) is 13.7. The second-order valence-corrected chi connectivity index (χ2v) is 6.57. The van der Waals surface area contributed by atoms with E-state index in [1.165, 1.54) is 0 Å². The van der Waals surface area contributed by atoms with Gasteiger partial charge in [-0.05, 0) is 45.8 Å². The molecule has 0 spiro atoms. The molecule has 100 valence electrons. The molecule has 0 unspecified atom stereocenters. The highest BCUT2D eigenvalue weighted by Crippen LogP contribution is 2.21. The molecule has 0 radical (unpaired) electrons. The van der Waals surface area contributed by atoms with Crippen LogP contribution in [0.2, 0.25) is 0 Å². The van der Waals surface area contributed by atoms with Crippen molar-refractivity contribution in [2.75, 3.05) is 7.11 Å². The summed E-state index contributed by atoms with van der Waals surface area (Å²) in [6, 6.07) is 11.4. The maximum absolute atomic E-state index is 11.9. The number of thiophene rings is 1. The standard InChI is InChI=1S/C14H14BrNO2S/c1-18-9-10-2-4-11(5-3-10)14(17)16-8-12-6-7-13(15)19-12/h2-7H,8-9H2,1H3,(H,16,17). The fourth-order valence-corrected chi connectivity index (χ4v) is 3.06. The van der Waals surface area contributed by atoms with Crippen LogP contribution < -0.4 is 5.32 Å². The lowest BCUT2D eigenvalue weighted by Gasteiger charge is -2.05. The van der Waals surface area contributed by atoms with Gasteiger partial charge in [-0.25, -0.2) is 0 Å². The third-order valence-corrected chi connectivity index (χ3v) is 4.20. The summed E-state index contributed by atoms with van der Waals surface area (Å²) in [7, 11) is 1.65. The molecular weight excluding hydrogens is 326 g/mol. The molecule has 1 N–H and O–H groups in total. The van der Waals surface area contributed by atoms with Crippen LogP contribution in [0.3, 0.4) is 0 Å². The van der Waals surface area contributed by atoms with E-state index in [1.807, 2.05) is 36.4 Å². The molecule has 0 saturated carbocycles. The predicted molar refractivity (Wildman–Crippen MR) is 80.3 cm³/mol. The van der Waals surface area contributed by atoms with Crippen LogP contribution in [0.15, 0.2) is 40.2 Å². The molecule has 2 aromatic rings. The van der Waals surface area contributed by atoms with Crippen molar-refractivity contribution in [3.05, 3.63) is 56.2 Å². The van der Waals surface area contributed by atoms with Gasteiger partial charge in [-0.1, -0.05) is 12.1 Å². The number of carbonyl (C=O) groups excluding carboxylic acids is 1. The van der Waals surface area contributed by atoms with E-state index in [0.29, 0.717) is 18.7 Å². The Labute approximate surface area is 124 Å². The lowest BCUT2D eigenvalue weighted by molar-refractivity contribution is 0.0951. The van der Waals surface area contributed by atoms with Crippen LogP contribution in [0.1, 0.15) is 20.8 Å². The summed E-state index contributed by atoms with van der Waals surface area (Å²) in [6.07, 6.45) is 0. The van der Waals surface area contributed by atoms with Gasteiger partial charge in [0.2, 0.25) is 0 Å². The van der Waals surface area contributed by atoms with Gasteiger partial charge in [-0.2, -0.15) is 0 Å². The summed E-state index contributed by atoms with van der Waals surface area (Å²) >= 11 is 5.02. The van der Waals surface area contributed by atoms with Crippen LogP contribution in [0.5, 0.6) is 0 Å². The third-order valence-electron chi connectivity index (χ3n) is 2.58. The Morgan fingerprint density at radius 3 is 2.58 bits per heavy atom. The molecule has 1 amide bonds. The molecule has 3 nitrogen and oxygen atoms in total. The van der Waals surface area contributed by atoms with E-state index in [-0.39, 0.29) is 5.91 Å². The van der Waals surface area contributed by atoms with Crippen molar-refractivity contribution < 1.29 is 9.53 Å². The van der Waals surface area contributed by atoms with Gasteiger partial charge in [0.25, 0.3) is 5.91 Å². The first-order chi connectivity index (χ1) is 9.19. The van der Waals surface area contributed by atoms with Gasteiger partial charge in [0.1, 0.15) is 0 Å². The average Bonchev–Trinajstić information content (AvgIpc) is 2.83. The predicted octanol–water partition coefficient (Wildman–Crippen LogP) is 3.59. The molecule has 0 aliphatic carbocycles. The quantitative estimate of drug-likeness (QED) is 0.903. The summed E-state index contributed by atoms with van der Waals surface area (Å²) in [6.45, 7) is 1.11. The number of halogens is 1. The normalized spacial score (nSPS) is 10.4. The number of rotatable bonds is 5. The minimum atomic E-state index is -0.0616. The molecule has 5 heteroatoms. The molecule has 1 aromatic carbocycles. The van der Waals surface area contributed by atoms with Gasteiger partial charge < -0.3 is 10.1 Å². The molecule has 0 fully saturated rings. The fourth-order valence-electron chi connectivity index (χ4n) is 1.64. The van der Waals surface area contributed by atoms with Crippen LogP contribution in [0, 0.1) is 0 Å². The number of methoxy groups -OCH3 is 1. The van der Waals surface area contributed by atoms with Crippen LogP contribution >= 0.6 is 27.3 Å². The molecular formula is C14H14BrNO2S. The summed E-state index contributed by atoms with van der Waals surface area (Å²) in [5.41, 5.74) is 1.72. The van der Waals surface area contributed by atoms with Crippen LogP contribution in [0.25, 0.3) is 0 Å². The minimum absolute atomic E-state index is 0.0616. The molecule has 1 heterocycles. The maximum atomic E-state index is 11.9. The topological polar surface area (TPSA) is 38.3 Å². The maximum Gasteiger partial charge on any atom is 0.251 e. The minimum Gasteiger partial charge on any atom is -0.380 e. The Bertz CT molecular complexity index is 551. The summed E-state index contributed by atoms with van der Waals surface area (Å²) in [5.74, 6) is -0.0616. The molecule has 19 heavy (non-hydrogen) atoms. The number of amides is 1. The van der Waals surface area contributed by atoms with Crippen molar-refractivity contribution in [2.45, 2.75) is 13.2 Å². The lowest BCUT2D eigenvalue weighted by atomic mass is 10.1. The largest absolute Gasteiger partial charge is 0.380 e. The highest BCUT2D eigenvalue weighted by atomic mass is 79.9. The van der Waals surface area contributed by atoms with Gasteiger partial charge >= 0.3 is 0 Å². The molecule has 2 rings (SSSR count). The van der Waals surface area contributed by atoms with Gasteiger partial charge in [0.05, 0.1) is 16.9 Å². The Morgan fingerprint density at radius 2 is 2.00 bits per heavy atom. The van der Waals surface area contributed by atoms with Crippen molar-refractivity contribution in [2.24, 2.45) is 0 Å². The summed E-state index contributed by atoms with van der Waals surface area (Å²) in [4.78, 5) is 13.1. The first-order valence-electron chi connectivity index (χ1n) is 5.79. The van der Waals surface area contributed by atoms with Gasteiger partial charge in [0.15, 0.2) is 0 Å². The van der Waals surface area contributed by atoms with E-state index in [1.54, 1.807) is 18.4 Å². The van der Waals surface area contributed by atoms with E-state index >= 15 is 0 Å². The van der Waals surface area contributed by atoms with Gasteiger partial charge in [-0.15, -0.1) is 11.3 Å². The van der Waals surface area contributed by atoms with Crippen molar-refractivity contribution in [3.63, 3.8) is 0 Å². The molecule has 0 atom stereocenters.